The lowest BCUT2D eigenvalue weighted by Gasteiger charge is -2.40. The molecule has 0 amide bonds. The molecule has 0 bridgehead atoms. The van der Waals surface area contributed by atoms with Gasteiger partial charge in [0, 0.05) is 38.6 Å². The van der Waals surface area contributed by atoms with Crippen LogP contribution < -0.4 is 5.32 Å². The largest absolute Gasteiger partial charge is 0.373 e. The van der Waals surface area contributed by atoms with Crippen LogP contribution in [0.2, 0.25) is 0 Å². The minimum Gasteiger partial charge on any atom is -0.373 e. The number of benzene rings is 1. The summed E-state index contributed by atoms with van der Waals surface area (Å²) < 4.78 is 21.9. The van der Waals surface area contributed by atoms with E-state index in [2.05, 4.69) is 26.7 Å². The number of aryl methyl sites for hydroxylation is 2. The van der Waals surface area contributed by atoms with E-state index < -0.39 is 0 Å². The van der Waals surface area contributed by atoms with Gasteiger partial charge < -0.3 is 14.6 Å². The molecule has 1 aliphatic carbocycles. The van der Waals surface area contributed by atoms with Gasteiger partial charge in [-0.2, -0.15) is 0 Å². The Labute approximate surface area is 154 Å². The Morgan fingerprint density at radius 3 is 3.04 bits per heavy atom. The zero-order valence-electron chi connectivity index (χ0n) is 15.5. The van der Waals surface area contributed by atoms with Gasteiger partial charge in [0.25, 0.3) is 0 Å². The third-order valence-corrected chi connectivity index (χ3v) is 5.74. The van der Waals surface area contributed by atoms with Crippen molar-refractivity contribution < 1.29 is 9.13 Å². The van der Waals surface area contributed by atoms with E-state index in [0.29, 0.717) is 0 Å². The Bertz CT molecular complexity index is 762. The van der Waals surface area contributed by atoms with Gasteiger partial charge in [0.05, 0.1) is 18.8 Å². The first-order valence-electron chi connectivity index (χ1n) is 9.52. The molecule has 2 aliphatic rings. The fourth-order valence-corrected chi connectivity index (χ4v) is 4.35. The Kier molecular flexibility index (Phi) is 5.07. The smallest absolute Gasteiger partial charge is 0.128 e. The number of aromatic nitrogens is 2. The fraction of sp³-hybridized carbons (Fsp3) is 0.550. The molecule has 1 unspecified atom stereocenters. The average Bonchev–Trinajstić information content (AvgIpc) is 3.25. The second-order valence-corrected chi connectivity index (χ2v) is 7.22. The minimum absolute atomic E-state index is 0.0300. The molecule has 6 heteroatoms. The van der Waals surface area contributed by atoms with E-state index in [4.69, 9.17) is 4.74 Å². The van der Waals surface area contributed by atoms with Crippen molar-refractivity contribution >= 4 is 0 Å². The predicted octanol–water partition coefficient (Wildman–Crippen LogP) is 2.60. The number of likely N-dealkylation sites (N-methyl/N-ethyl adjacent to an activating group) is 1. The number of ether oxygens (including phenoxy) is 1. The van der Waals surface area contributed by atoms with E-state index in [9.17, 15) is 4.39 Å². The van der Waals surface area contributed by atoms with Crippen LogP contribution >= 0.6 is 0 Å². The number of imidazole rings is 1. The summed E-state index contributed by atoms with van der Waals surface area (Å²) >= 11 is 0. The number of rotatable bonds is 5. The van der Waals surface area contributed by atoms with Gasteiger partial charge in [-0.3, -0.25) is 4.90 Å². The number of halogens is 1. The van der Waals surface area contributed by atoms with E-state index >= 15 is 0 Å². The molecular formula is C20H27FN4O. The van der Waals surface area contributed by atoms with Crippen LogP contribution in [-0.4, -0.2) is 46.8 Å². The van der Waals surface area contributed by atoms with Gasteiger partial charge in [0.2, 0.25) is 0 Å². The van der Waals surface area contributed by atoms with E-state index in [0.717, 1.165) is 50.5 Å². The first-order valence-corrected chi connectivity index (χ1v) is 9.52. The fourth-order valence-electron chi connectivity index (χ4n) is 4.35. The van der Waals surface area contributed by atoms with Gasteiger partial charge >= 0.3 is 0 Å². The van der Waals surface area contributed by atoms with Gasteiger partial charge in [-0.25, -0.2) is 9.37 Å². The summed E-state index contributed by atoms with van der Waals surface area (Å²) in [6.45, 7) is 5.53. The van der Waals surface area contributed by atoms with Crippen molar-refractivity contribution in [2.24, 2.45) is 7.05 Å². The van der Waals surface area contributed by atoms with Crippen LogP contribution in [0, 0.1) is 5.82 Å². The maximum Gasteiger partial charge on any atom is 0.128 e. The van der Waals surface area contributed by atoms with Crippen molar-refractivity contribution in [1.29, 1.82) is 0 Å². The lowest BCUT2D eigenvalue weighted by Crippen LogP contribution is -2.50. The van der Waals surface area contributed by atoms with Gasteiger partial charge in [-0.05, 0) is 42.6 Å². The Balaban J connectivity index is 1.50. The monoisotopic (exact) mass is 358 g/mol. The molecule has 1 aromatic heterocycles. The van der Waals surface area contributed by atoms with Crippen molar-refractivity contribution in [3.8, 4) is 0 Å². The summed E-state index contributed by atoms with van der Waals surface area (Å²) in [5, 5.41) is 3.64. The van der Waals surface area contributed by atoms with Crippen molar-refractivity contribution in [1.82, 2.24) is 19.8 Å². The minimum atomic E-state index is -0.158. The highest BCUT2D eigenvalue weighted by Gasteiger charge is 2.36. The lowest BCUT2D eigenvalue weighted by atomic mass is 10.0. The van der Waals surface area contributed by atoms with Crippen LogP contribution in [0.3, 0.4) is 0 Å². The molecule has 2 aromatic rings. The first-order chi connectivity index (χ1) is 12.7. The molecule has 1 N–H and O–H groups in total. The van der Waals surface area contributed by atoms with Crippen molar-refractivity contribution in [2.45, 2.75) is 38.0 Å². The summed E-state index contributed by atoms with van der Waals surface area (Å²) in [5.41, 5.74) is 2.35. The average molecular weight is 358 g/mol. The third-order valence-electron chi connectivity index (χ3n) is 5.74. The van der Waals surface area contributed by atoms with E-state index in [-0.39, 0.29) is 24.0 Å². The highest BCUT2D eigenvalue weighted by atomic mass is 19.1. The number of hydrogen-bond acceptors (Lipinski definition) is 4. The van der Waals surface area contributed by atoms with E-state index in [1.54, 1.807) is 12.1 Å². The van der Waals surface area contributed by atoms with E-state index in [1.807, 2.05) is 25.5 Å². The van der Waals surface area contributed by atoms with Crippen LogP contribution in [-0.2, 0) is 18.2 Å². The Morgan fingerprint density at radius 2 is 2.27 bits per heavy atom. The molecule has 1 saturated heterocycles. The van der Waals surface area contributed by atoms with Crippen LogP contribution in [0.4, 0.5) is 4.39 Å². The quantitative estimate of drug-likeness (QED) is 0.892. The van der Waals surface area contributed by atoms with Crippen LogP contribution in [0.15, 0.2) is 30.6 Å². The number of nitrogens with zero attached hydrogens (tertiary/aromatic N) is 3. The van der Waals surface area contributed by atoms with Gasteiger partial charge in [0.1, 0.15) is 11.6 Å². The van der Waals surface area contributed by atoms with Crippen LogP contribution in [0.5, 0.6) is 0 Å². The summed E-state index contributed by atoms with van der Waals surface area (Å²) in [6, 6.07) is 5.48. The van der Waals surface area contributed by atoms with Crippen LogP contribution in [0.1, 0.15) is 42.4 Å². The molecule has 1 fully saturated rings. The highest BCUT2D eigenvalue weighted by Crippen LogP contribution is 2.33. The molecule has 1 aromatic carbocycles. The molecule has 140 valence electrons. The first kappa shape index (κ1) is 17.6. The van der Waals surface area contributed by atoms with E-state index in [1.165, 1.54) is 5.56 Å². The van der Waals surface area contributed by atoms with Crippen LogP contribution in [0.25, 0.3) is 0 Å². The number of nitrogens with one attached hydrogen (secondary N) is 1. The summed E-state index contributed by atoms with van der Waals surface area (Å²) in [4.78, 5) is 7.01. The molecule has 5 nitrogen and oxygen atoms in total. The van der Waals surface area contributed by atoms with Gasteiger partial charge in [-0.1, -0.05) is 13.0 Å². The molecular weight excluding hydrogens is 331 g/mol. The Morgan fingerprint density at radius 1 is 1.38 bits per heavy atom. The summed E-state index contributed by atoms with van der Waals surface area (Å²) in [5.74, 6) is 0.880. The zero-order chi connectivity index (χ0) is 18.1. The molecule has 4 rings (SSSR count). The Hall–Kier alpha value is -1.76. The third kappa shape index (κ3) is 3.29. The van der Waals surface area contributed by atoms with Gasteiger partial charge in [-0.15, -0.1) is 0 Å². The molecule has 0 saturated carbocycles. The molecule has 1 aliphatic heterocycles. The maximum absolute atomic E-state index is 13.6. The summed E-state index contributed by atoms with van der Waals surface area (Å²) in [6.07, 6.45) is 5.87. The standard InChI is InChI=1S/C20H27FN4O/c1-3-25-10-11-26-18(19(25)20-22-8-9-24(20)2)13-23-17-7-5-14-4-6-15(21)12-16(14)17/h4,6,8-9,12,17-19,23H,3,5,7,10-11,13H2,1-2H3/t17?,18-,19+/m0/s1. The number of hydrogen-bond donors (Lipinski definition) is 1. The SMILES string of the molecule is CCN1CCO[C@@H](CNC2CCc3ccc(F)cc32)[C@@H]1c1nccn1C. The topological polar surface area (TPSA) is 42.3 Å². The normalized spacial score (nSPS) is 26.2. The number of fused-ring (bicyclic) bond motifs is 1. The zero-order valence-corrected chi connectivity index (χ0v) is 15.5. The summed E-state index contributed by atoms with van der Waals surface area (Å²) in [7, 11) is 2.03. The highest BCUT2D eigenvalue weighted by molar-refractivity contribution is 5.35. The van der Waals surface area contributed by atoms with Crippen molar-refractivity contribution in [2.75, 3.05) is 26.2 Å². The van der Waals surface area contributed by atoms with Gasteiger partial charge in [0.15, 0.2) is 0 Å². The van der Waals surface area contributed by atoms with Crippen molar-refractivity contribution in [3.63, 3.8) is 0 Å². The molecule has 0 radical (unpaired) electrons. The molecule has 0 spiro atoms. The maximum atomic E-state index is 13.6. The van der Waals surface area contributed by atoms with Crippen molar-refractivity contribution in [3.05, 3.63) is 53.4 Å². The molecule has 2 heterocycles. The predicted molar refractivity (Wildman–Crippen MR) is 98.4 cm³/mol. The lowest BCUT2D eigenvalue weighted by molar-refractivity contribution is -0.0737. The second kappa shape index (κ2) is 7.47. The number of morpholine rings is 1. The second-order valence-electron chi connectivity index (χ2n) is 7.22. The molecule has 3 atom stereocenters. The molecule has 26 heavy (non-hydrogen) atoms.